The van der Waals surface area contributed by atoms with Crippen LogP contribution >= 0.6 is 0 Å². The van der Waals surface area contributed by atoms with Gasteiger partial charge in [-0.25, -0.2) is 9.98 Å². The van der Waals surface area contributed by atoms with Gasteiger partial charge in [-0.1, -0.05) is 60.7 Å². The van der Waals surface area contributed by atoms with Gasteiger partial charge < -0.3 is 4.90 Å². The Morgan fingerprint density at radius 3 is 2.27 bits per heavy atom. The third-order valence-corrected chi connectivity index (χ3v) is 4.78. The van der Waals surface area contributed by atoms with E-state index >= 15 is 0 Å². The molecule has 1 aromatic heterocycles. The van der Waals surface area contributed by atoms with E-state index in [0.29, 0.717) is 0 Å². The number of amidine groups is 2. The van der Waals surface area contributed by atoms with Crippen molar-refractivity contribution >= 4 is 17.5 Å². The van der Waals surface area contributed by atoms with Gasteiger partial charge in [-0.2, -0.15) is 0 Å². The predicted molar refractivity (Wildman–Crippen MR) is 105 cm³/mol. The fourth-order valence-electron chi connectivity index (χ4n) is 3.64. The topological polar surface area (TPSA) is 40.9 Å². The molecular formula is C22H18N4. The van der Waals surface area contributed by atoms with Crippen molar-refractivity contribution in [2.45, 2.75) is 6.92 Å². The van der Waals surface area contributed by atoms with Crippen LogP contribution in [-0.4, -0.2) is 34.6 Å². The van der Waals surface area contributed by atoms with Gasteiger partial charge >= 0.3 is 0 Å². The zero-order valence-corrected chi connectivity index (χ0v) is 14.6. The molecule has 0 fully saturated rings. The first kappa shape index (κ1) is 15.0. The molecule has 0 saturated heterocycles. The number of aromatic nitrogens is 1. The summed E-state index contributed by atoms with van der Waals surface area (Å²) in [6.45, 7) is 3.65. The summed E-state index contributed by atoms with van der Waals surface area (Å²) in [5.74, 6) is 2.69. The molecule has 0 atom stereocenters. The van der Waals surface area contributed by atoms with Crippen LogP contribution in [0, 0.1) is 6.92 Å². The van der Waals surface area contributed by atoms with E-state index in [1.54, 1.807) is 0 Å². The number of aliphatic imine (C=N–C) groups is 2. The second-order valence-electron chi connectivity index (χ2n) is 6.53. The van der Waals surface area contributed by atoms with Crippen molar-refractivity contribution in [3.63, 3.8) is 0 Å². The summed E-state index contributed by atoms with van der Waals surface area (Å²) in [6, 6.07) is 22.8. The summed E-state index contributed by atoms with van der Waals surface area (Å²) in [5, 5.41) is 0. The highest BCUT2D eigenvalue weighted by Gasteiger charge is 2.33. The van der Waals surface area contributed by atoms with Gasteiger partial charge in [0.1, 0.15) is 11.7 Å². The number of hydrogen-bond donors (Lipinski definition) is 0. The molecule has 0 aliphatic carbocycles. The molecule has 3 heterocycles. The van der Waals surface area contributed by atoms with E-state index < -0.39 is 0 Å². The van der Waals surface area contributed by atoms with E-state index in [-0.39, 0.29) is 0 Å². The monoisotopic (exact) mass is 338 g/mol. The number of rotatable bonds is 2. The van der Waals surface area contributed by atoms with Gasteiger partial charge in [-0.15, -0.1) is 0 Å². The molecule has 0 unspecified atom stereocenters. The zero-order chi connectivity index (χ0) is 17.5. The standard InChI is InChI=1S/C22H18N4/c1-15-14-18(16-8-4-2-5-9-16)19-20(24-15)25-21(17-10-6-3-7-11-17)26-13-12-23-22(19)26/h2-11,14H,12-13H2,1H3. The van der Waals surface area contributed by atoms with Crippen molar-refractivity contribution in [1.82, 2.24) is 9.88 Å². The lowest BCUT2D eigenvalue weighted by atomic mass is 9.97. The van der Waals surface area contributed by atoms with Crippen LogP contribution in [0.4, 0.5) is 5.82 Å². The lowest BCUT2D eigenvalue weighted by Crippen LogP contribution is -2.38. The molecule has 0 spiro atoms. The first-order valence-corrected chi connectivity index (χ1v) is 8.85. The van der Waals surface area contributed by atoms with Crippen molar-refractivity contribution in [3.8, 4) is 11.1 Å². The van der Waals surface area contributed by atoms with Gasteiger partial charge in [0.05, 0.1) is 12.1 Å². The molecule has 0 saturated carbocycles. The average molecular weight is 338 g/mol. The molecule has 5 rings (SSSR count). The van der Waals surface area contributed by atoms with Crippen LogP contribution in [0.2, 0.25) is 0 Å². The Morgan fingerprint density at radius 1 is 0.846 bits per heavy atom. The first-order chi connectivity index (χ1) is 12.8. The lowest BCUT2D eigenvalue weighted by Gasteiger charge is -2.29. The summed E-state index contributed by atoms with van der Waals surface area (Å²) in [5.41, 5.74) is 5.42. The minimum absolute atomic E-state index is 0.764. The molecular weight excluding hydrogens is 320 g/mol. The van der Waals surface area contributed by atoms with Gasteiger partial charge in [0.2, 0.25) is 0 Å². The largest absolute Gasteiger partial charge is 0.308 e. The molecule has 3 aromatic rings. The van der Waals surface area contributed by atoms with E-state index in [1.165, 1.54) is 5.56 Å². The molecule has 2 aromatic carbocycles. The second-order valence-corrected chi connectivity index (χ2v) is 6.53. The normalized spacial score (nSPS) is 15.2. The molecule has 4 heteroatoms. The zero-order valence-electron chi connectivity index (χ0n) is 14.6. The summed E-state index contributed by atoms with van der Waals surface area (Å²) in [6.07, 6.45) is 0. The summed E-state index contributed by atoms with van der Waals surface area (Å²) < 4.78 is 0. The molecule has 26 heavy (non-hydrogen) atoms. The summed E-state index contributed by atoms with van der Waals surface area (Å²) in [7, 11) is 0. The Bertz CT molecular complexity index is 1040. The Balaban J connectivity index is 1.78. The summed E-state index contributed by atoms with van der Waals surface area (Å²) >= 11 is 0. The van der Waals surface area contributed by atoms with Crippen LogP contribution in [0.15, 0.2) is 76.7 Å². The smallest absolute Gasteiger partial charge is 0.166 e. The van der Waals surface area contributed by atoms with Gasteiger partial charge in [0, 0.05) is 17.8 Å². The minimum atomic E-state index is 0.764. The summed E-state index contributed by atoms with van der Waals surface area (Å²) in [4.78, 5) is 16.7. The van der Waals surface area contributed by atoms with Gasteiger partial charge in [0.15, 0.2) is 5.82 Å². The Morgan fingerprint density at radius 2 is 1.54 bits per heavy atom. The van der Waals surface area contributed by atoms with Crippen molar-refractivity contribution < 1.29 is 0 Å². The maximum Gasteiger partial charge on any atom is 0.166 e. The van der Waals surface area contributed by atoms with Crippen molar-refractivity contribution in [2.24, 2.45) is 9.98 Å². The van der Waals surface area contributed by atoms with Crippen molar-refractivity contribution in [2.75, 3.05) is 13.1 Å². The number of benzene rings is 2. The Hall–Kier alpha value is -3.27. The van der Waals surface area contributed by atoms with Gasteiger partial charge in [-0.05, 0) is 24.1 Å². The van der Waals surface area contributed by atoms with Crippen LogP contribution in [-0.2, 0) is 0 Å². The number of hydrogen-bond acceptors (Lipinski definition) is 4. The van der Waals surface area contributed by atoms with Crippen LogP contribution in [0.25, 0.3) is 11.1 Å². The lowest BCUT2D eigenvalue weighted by molar-refractivity contribution is 0.661. The Kier molecular flexibility index (Phi) is 3.42. The van der Waals surface area contributed by atoms with Crippen LogP contribution in [0.5, 0.6) is 0 Å². The van der Waals surface area contributed by atoms with Crippen molar-refractivity contribution in [3.05, 3.63) is 83.6 Å². The quantitative estimate of drug-likeness (QED) is 0.702. The van der Waals surface area contributed by atoms with Crippen molar-refractivity contribution in [1.29, 1.82) is 0 Å². The molecule has 0 bridgehead atoms. The Labute approximate surface area is 152 Å². The van der Waals surface area contributed by atoms with E-state index in [0.717, 1.165) is 53.0 Å². The number of nitrogens with zero attached hydrogens (tertiary/aromatic N) is 4. The highest BCUT2D eigenvalue weighted by Crippen LogP contribution is 2.36. The van der Waals surface area contributed by atoms with Crippen LogP contribution in [0.1, 0.15) is 16.8 Å². The molecule has 4 nitrogen and oxygen atoms in total. The molecule has 0 amide bonds. The van der Waals surface area contributed by atoms with E-state index in [9.17, 15) is 0 Å². The maximum absolute atomic E-state index is 4.96. The first-order valence-electron chi connectivity index (χ1n) is 8.85. The van der Waals surface area contributed by atoms with Crippen LogP contribution < -0.4 is 0 Å². The fraction of sp³-hybridized carbons (Fsp3) is 0.136. The van der Waals surface area contributed by atoms with Gasteiger partial charge in [-0.3, -0.25) is 4.99 Å². The minimum Gasteiger partial charge on any atom is -0.308 e. The third kappa shape index (κ3) is 2.34. The van der Waals surface area contributed by atoms with Crippen LogP contribution in [0.3, 0.4) is 0 Å². The molecule has 0 radical (unpaired) electrons. The highest BCUT2D eigenvalue weighted by atomic mass is 15.3. The highest BCUT2D eigenvalue weighted by molar-refractivity contribution is 6.22. The fourth-order valence-corrected chi connectivity index (χ4v) is 3.64. The average Bonchev–Trinajstić information content (AvgIpc) is 3.17. The second kappa shape index (κ2) is 5.92. The molecule has 2 aliphatic rings. The van der Waals surface area contributed by atoms with Gasteiger partial charge in [0.25, 0.3) is 0 Å². The SMILES string of the molecule is Cc1cc(-c2ccccc2)c2c(n1)N=C(c1ccccc1)N1CCN=C21. The van der Waals surface area contributed by atoms with E-state index in [2.05, 4.69) is 47.4 Å². The number of pyridine rings is 1. The predicted octanol–water partition coefficient (Wildman–Crippen LogP) is 4.21. The maximum atomic E-state index is 4.96. The molecule has 126 valence electrons. The third-order valence-electron chi connectivity index (χ3n) is 4.78. The molecule has 0 N–H and O–H groups in total. The van der Waals surface area contributed by atoms with E-state index in [4.69, 9.17) is 15.0 Å². The number of fused-ring (bicyclic) bond motifs is 3. The molecule has 2 aliphatic heterocycles. The number of aryl methyl sites for hydroxylation is 1. The van der Waals surface area contributed by atoms with E-state index in [1.807, 2.05) is 31.2 Å².